The molecule has 0 aliphatic carbocycles. The first-order valence-electron chi connectivity index (χ1n) is 11.2. The Kier molecular flexibility index (Phi) is 7.38. The second kappa shape index (κ2) is 10.8. The topological polar surface area (TPSA) is 128 Å². The van der Waals surface area contributed by atoms with Gasteiger partial charge in [-0.25, -0.2) is 14.1 Å². The highest BCUT2D eigenvalue weighted by Gasteiger charge is 2.16. The fourth-order valence-corrected chi connectivity index (χ4v) is 3.65. The summed E-state index contributed by atoms with van der Waals surface area (Å²) in [4.78, 5) is 39.7. The Balaban J connectivity index is 1.42. The number of aromatic nitrogens is 4. The molecule has 0 saturated carbocycles. The lowest BCUT2D eigenvalue weighted by Crippen LogP contribution is -2.25. The molecule has 0 spiro atoms. The number of hydrogen-bond acceptors (Lipinski definition) is 6. The minimum Gasteiger partial charge on any atom is -0.481 e. The van der Waals surface area contributed by atoms with Crippen molar-refractivity contribution in [1.82, 2.24) is 24.6 Å². The predicted octanol–water partition coefficient (Wildman–Crippen LogP) is 3.26. The Morgan fingerprint density at radius 2 is 1.94 bits per heavy atom. The Hall–Kier alpha value is -4.54. The zero-order valence-corrected chi connectivity index (χ0v) is 19.5. The van der Waals surface area contributed by atoms with Gasteiger partial charge in [-0.2, -0.15) is 5.10 Å². The maximum Gasteiger partial charge on any atom is 0.307 e. The highest BCUT2D eigenvalue weighted by molar-refractivity contribution is 5.98. The molecule has 0 saturated heterocycles. The number of benzene rings is 1. The number of carboxylic acids is 1. The van der Waals surface area contributed by atoms with Crippen LogP contribution in [0.3, 0.4) is 0 Å². The third-order valence-electron chi connectivity index (χ3n) is 5.56. The summed E-state index contributed by atoms with van der Waals surface area (Å²) in [6.07, 6.45) is 3.38. The summed E-state index contributed by atoms with van der Waals surface area (Å²) in [5, 5.41) is 16.3. The first-order chi connectivity index (χ1) is 17.3. The Morgan fingerprint density at radius 3 is 2.72 bits per heavy atom. The number of halogens is 1. The van der Waals surface area contributed by atoms with E-state index in [0.29, 0.717) is 28.2 Å². The molecule has 11 heteroatoms. The van der Waals surface area contributed by atoms with E-state index in [4.69, 9.17) is 9.84 Å². The summed E-state index contributed by atoms with van der Waals surface area (Å²) in [5.74, 6) is -2.19. The fourth-order valence-electron chi connectivity index (χ4n) is 3.65. The van der Waals surface area contributed by atoms with Crippen molar-refractivity contribution in [3.05, 3.63) is 71.9 Å². The maximum atomic E-state index is 13.8. The van der Waals surface area contributed by atoms with E-state index in [2.05, 4.69) is 15.4 Å². The maximum absolute atomic E-state index is 13.8. The van der Waals surface area contributed by atoms with E-state index in [1.165, 1.54) is 10.7 Å². The molecule has 3 aromatic heterocycles. The van der Waals surface area contributed by atoms with Crippen LogP contribution in [-0.2, 0) is 34.6 Å². The molecular weight excluding hydrogens is 469 g/mol. The number of nitrogens with zero attached hydrogens (tertiary/aromatic N) is 4. The van der Waals surface area contributed by atoms with Crippen LogP contribution < -0.4 is 5.32 Å². The molecule has 0 aliphatic rings. The molecule has 0 unspecified atom stereocenters. The van der Waals surface area contributed by atoms with E-state index >= 15 is 0 Å². The van der Waals surface area contributed by atoms with Crippen LogP contribution in [0, 0.1) is 5.82 Å². The molecule has 4 rings (SSSR count). The molecule has 0 aliphatic heterocycles. The number of carboxylic acid groups (broad SMARTS) is 1. The molecule has 186 valence electrons. The fraction of sp³-hybridized carbons (Fsp3) is 0.240. The van der Waals surface area contributed by atoms with Gasteiger partial charge < -0.3 is 19.7 Å². The van der Waals surface area contributed by atoms with Crippen LogP contribution in [0.1, 0.15) is 35.3 Å². The van der Waals surface area contributed by atoms with Gasteiger partial charge in [0.2, 0.25) is 0 Å². The molecule has 0 fully saturated rings. The number of carbonyl (C=O) groups excluding carboxylic acids is 2. The van der Waals surface area contributed by atoms with Crippen LogP contribution in [-0.4, -0.2) is 42.3 Å². The average Bonchev–Trinajstić information content (AvgIpc) is 3.46. The molecule has 36 heavy (non-hydrogen) atoms. The van der Waals surface area contributed by atoms with Gasteiger partial charge in [0.1, 0.15) is 17.2 Å². The number of aryl methyl sites for hydroxylation is 1. The summed E-state index contributed by atoms with van der Waals surface area (Å²) < 4.78 is 22.1. The van der Waals surface area contributed by atoms with E-state index < -0.39 is 11.9 Å². The number of aliphatic carboxylic acids is 1. The molecule has 2 N–H and O–H groups in total. The van der Waals surface area contributed by atoms with Gasteiger partial charge in [-0.05, 0) is 30.7 Å². The van der Waals surface area contributed by atoms with Gasteiger partial charge in [0.05, 0.1) is 11.9 Å². The van der Waals surface area contributed by atoms with Crippen molar-refractivity contribution >= 4 is 28.9 Å². The van der Waals surface area contributed by atoms with Crippen LogP contribution in [0.5, 0.6) is 0 Å². The summed E-state index contributed by atoms with van der Waals surface area (Å²) in [5.41, 5.74) is 2.66. The standard InChI is InChI=1S/C25H24FN5O5/c1-30-21(25(35)27-12-17-5-2-3-6-19(17)26)11-16-9-10-20(29-24(16)30)18-13-28-31(14-18)15-36-23(34)8-4-7-22(32)33/h2-3,5-6,9-11,13-14H,4,7-8,12,15H2,1H3,(H,27,35)(H,32,33). The van der Waals surface area contributed by atoms with Crippen molar-refractivity contribution in [2.75, 3.05) is 0 Å². The summed E-state index contributed by atoms with van der Waals surface area (Å²) in [6, 6.07) is 11.6. The SMILES string of the molecule is Cn1c(C(=O)NCc2ccccc2F)cc2ccc(-c3cnn(COC(=O)CCCC(=O)O)c3)nc21. The van der Waals surface area contributed by atoms with Gasteiger partial charge in [-0.15, -0.1) is 0 Å². The first-order valence-corrected chi connectivity index (χ1v) is 11.2. The molecule has 1 aromatic carbocycles. The molecule has 0 atom stereocenters. The largest absolute Gasteiger partial charge is 0.481 e. The lowest BCUT2D eigenvalue weighted by molar-refractivity contribution is -0.148. The lowest BCUT2D eigenvalue weighted by atomic mass is 10.2. The van der Waals surface area contributed by atoms with Gasteiger partial charge in [0.15, 0.2) is 6.73 Å². The third kappa shape index (κ3) is 5.74. The van der Waals surface area contributed by atoms with E-state index in [-0.39, 0.29) is 44.3 Å². The Bertz CT molecular complexity index is 1430. The van der Waals surface area contributed by atoms with E-state index in [0.717, 1.165) is 5.39 Å². The van der Waals surface area contributed by atoms with Crippen molar-refractivity contribution in [3.8, 4) is 11.3 Å². The first kappa shape index (κ1) is 24.6. The number of rotatable bonds is 10. The molecule has 0 radical (unpaired) electrons. The van der Waals surface area contributed by atoms with Gasteiger partial charge >= 0.3 is 11.9 Å². The number of ether oxygens (including phenoxy) is 1. The second-order valence-corrected chi connectivity index (χ2v) is 8.13. The molecule has 3 heterocycles. The van der Waals surface area contributed by atoms with Crippen molar-refractivity contribution in [1.29, 1.82) is 0 Å². The van der Waals surface area contributed by atoms with Gasteiger partial charge in [-0.1, -0.05) is 18.2 Å². The number of hydrogen-bond donors (Lipinski definition) is 2. The molecule has 10 nitrogen and oxygen atoms in total. The van der Waals surface area contributed by atoms with E-state index in [1.54, 1.807) is 54.3 Å². The second-order valence-electron chi connectivity index (χ2n) is 8.13. The van der Waals surface area contributed by atoms with Crippen LogP contribution in [0.4, 0.5) is 4.39 Å². The monoisotopic (exact) mass is 493 g/mol. The van der Waals surface area contributed by atoms with Crippen molar-refractivity contribution < 1.29 is 28.6 Å². The number of amides is 1. The number of carbonyl (C=O) groups is 3. The van der Waals surface area contributed by atoms with Crippen LogP contribution in [0.2, 0.25) is 0 Å². The average molecular weight is 493 g/mol. The molecule has 1 amide bonds. The molecule has 0 bridgehead atoms. The smallest absolute Gasteiger partial charge is 0.307 e. The van der Waals surface area contributed by atoms with Crippen LogP contribution in [0.25, 0.3) is 22.3 Å². The summed E-state index contributed by atoms with van der Waals surface area (Å²) >= 11 is 0. The Labute approximate surface area is 205 Å². The van der Waals surface area contributed by atoms with Crippen LogP contribution in [0.15, 0.2) is 54.9 Å². The van der Waals surface area contributed by atoms with Crippen LogP contribution >= 0.6 is 0 Å². The van der Waals surface area contributed by atoms with Crippen molar-refractivity contribution in [3.63, 3.8) is 0 Å². The zero-order valence-electron chi connectivity index (χ0n) is 19.5. The number of fused-ring (bicyclic) bond motifs is 1. The number of nitrogens with one attached hydrogen (secondary N) is 1. The van der Waals surface area contributed by atoms with Crippen molar-refractivity contribution in [2.45, 2.75) is 32.5 Å². The summed E-state index contributed by atoms with van der Waals surface area (Å²) in [6.45, 7) is -0.0420. The van der Waals surface area contributed by atoms with Gasteiger partial charge in [0.25, 0.3) is 5.91 Å². The van der Waals surface area contributed by atoms with Gasteiger partial charge in [-0.3, -0.25) is 14.4 Å². The predicted molar refractivity (Wildman–Crippen MR) is 127 cm³/mol. The van der Waals surface area contributed by atoms with Crippen molar-refractivity contribution in [2.24, 2.45) is 7.05 Å². The molecular formula is C25H24FN5O5. The van der Waals surface area contributed by atoms with E-state index in [9.17, 15) is 18.8 Å². The molecule has 4 aromatic rings. The quantitative estimate of drug-likeness (QED) is 0.325. The number of esters is 1. The highest BCUT2D eigenvalue weighted by atomic mass is 19.1. The minimum absolute atomic E-state index is 0.0162. The zero-order chi connectivity index (χ0) is 25.7. The highest BCUT2D eigenvalue weighted by Crippen LogP contribution is 2.23. The Morgan fingerprint density at radius 1 is 1.14 bits per heavy atom. The van der Waals surface area contributed by atoms with Gasteiger partial charge in [0, 0.05) is 49.1 Å². The normalized spacial score (nSPS) is 10.9. The lowest BCUT2D eigenvalue weighted by Gasteiger charge is -2.07. The third-order valence-corrected chi connectivity index (χ3v) is 5.56. The summed E-state index contributed by atoms with van der Waals surface area (Å²) in [7, 11) is 1.73. The number of pyridine rings is 1. The minimum atomic E-state index is -0.961. The van der Waals surface area contributed by atoms with E-state index in [1.807, 2.05) is 6.07 Å².